The average Bonchev–Trinajstić information content (AvgIpc) is 2.91. The molecule has 2 aliphatic heterocycles. The van der Waals surface area contributed by atoms with Crippen LogP contribution in [0.3, 0.4) is 0 Å². The van der Waals surface area contributed by atoms with Crippen LogP contribution in [0.15, 0.2) is 16.8 Å². The van der Waals surface area contributed by atoms with Crippen LogP contribution in [0, 0.1) is 0 Å². The smallest absolute Gasteiger partial charge is 0.150 e. The van der Waals surface area contributed by atoms with Crippen molar-refractivity contribution in [3.63, 3.8) is 0 Å². The topological polar surface area (TPSA) is 56.5 Å². The molecular weight excluding hydrogens is 232 g/mol. The number of nitrogens with zero attached hydrogens (tertiary/aromatic N) is 1. The Labute approximate surface area is 107 Å². The molecule has 0 radical (unpaired) electrons. The van der Waals surface area contributed by atoms with Crippen LogP contribution in [0.1, 0.15) is 31.4 Å². The molecule has 0 aliphatic carbocycles. The Balaban J connectivity index is 1.53. The number of ether oxygens (including phenoxy) is 2. The van der Waals surface area contributed by atoms with Crippen LogP contribution in [0.4, 0.5) is 0 Å². The van der Waals surface area contributed by atoms with Crippen molar-refractivity contribution in [3.8, 4) is 0 Å². The number of hydrogen-bond acceptors (Lipinski definition) is 5. The summed E-state index contributed by atoms with van der Waals surface area (Å²) in [6, 6.07) is 2.40. The maximum atomic E-state index is 6.02. The molecule has 1 N–H and O–H groups in total. The van der Waals surface area contributed by atoms with E-state index < -0.39 is 0 Å². The van der Waals surface area contributed by atoms with E-state index in [-0.39, 0.29) is 5.60 Å². The Morgan fingerprint density at radius 2 is 2.22 bits per heavy atom. The summed E-state index contributed by atoms with van der Waals surface area (Å²) in [5.41, 5.74) is 0.0512. The molecule has 2 aliphatic rings. The van der Waals surface area contributed by atoms with E-state index in [4.69, 9.17) is 14.0 Å². The quantitative estimate of drug-likeness (QED) is 0.883. The highest BCUT2D eigenvalue weighted by atomic mass is 16.5. The zero-order chi connectivity index (χ0) is 12.3. The van der Waals surface area contributed by atoms with E-state index in [0.29, 0.717) is 6.04 Å². The van der Waals surface area contributed by atoms with Crippen LogP contribution in [0.5, 0.6) is 0 Å². The van der Waals surface area contributed by atoms with Gasteiger partial charge in [0.25, 0.3) is 0 Å². The molecule has 1 unspecified atom stereocenters. The molecule has 18 heavy (non-hydrogen) atoms. The fourth-order valence-corrected chi connectivity index (χ4v) is 2.87. The molecule has 5 heteroatoms. The molecule has 2 saturated heterocycles. The first-order valence-electron chi connectivity index (χ1n) is 6.71. The highest BCUT2D eigenvalue weighted by molar-refractivity contribution is 4.95. The van der Waals surface area contributed by atoms with Crippen LogP contribution < -0.4 is 5.32 Å². The first-order valence-corrected chi connectivity index (χ1v) is 6.71. The second kappa shape index (κ2) is 5.38. The molecule has 1 spiro atoms. The van der Waals surface area contributed by atoms with Crippen molar-refractivity contribution in [3.05, 3.63) is 18.0 Å². The van der Waals surface area contributed by atoms with Crippen molar-refractivity contribution < 1.29 is 14.0 Å². The zero-order valence-corrected chi connectivity index (χ0v) is 10.6. The average molecular weight is 252 g/mol. The minimum Gasteiger partial charge on any atom is -0.381 e. The summed E-state index contributed by atoms with van der Waals surface area (Å²) in [4.78, 5) is 0. The number of aromatic nitrogens is 1. The summed E-state index contributed by atoms with van der Waals surface area (Å²) in [5.74, 6) is 0.891. The lowest BCUT2D eigenvalue weighted by Crippen LogP contribution is -2.49. The largest absolute Gasteiger partial charge is 0.381 e. The van der Waals surface area contributed by atoms with E-state index in [0.717, 1.165) is 57.8 Å². The summed E-state index contributed by atoms with van der Waals surface area (Å²) < 4.78 is 16.5. The summed E-state index contributed by atoms with van der Waals surface area (Å²) in [7, 11) is 0. The monoisotopic (exact) mass is 252 g/mol. The molecule has 3 heterocycles. The molecule has 100 valence electrons. The molecule has 5 nitrogen and oxygen atoms in total. The van der Waals surface area contributed by atoms with E-state index >= 15 is 0 Å². The van der Waals surface area contributed by atoms with Crippen LogP contribution in [0.2, 0.25) is 0 Å². The van der Waals surface area contributed by atoms with Crippen LogP contribution in [-0.2, 0) is 16.0 Å². The maximum absolute atomic E-state index is 6.02. The van der Waals surface area contributed by atoms with E-state index in [1.54, 1.807) is 6.20 Å². The molecule has 1 atom stereocenters. The molecule has 2 fully saturated rings. The molecule has 0 aromatic carbocycles. The van der Waals surface area contributed by atoms with Gasteiger partial charge in [0.2, 0.25) is 0 Å². The van der Waals surface area contributed by atoms with Crippen molar-refractivity contribution in [1.29, 1.82) is 0 Å². The highest BCUT2D eigenvalue weighted by Gasteiger charge is 2.38. The molecule has 0 amide bonds. The van der Waals surface area contributed by atoms with E-state index in [9.17, 15) is 0 Å². The Bertz CT molecular complexity index is 355. The lowest BCUT2D eigenvalue weighted by atomic mass is 9.84. The van der Waals surface area contributed by atoms with Gasteiger partial charge in [-0.1, -0.05) is 5.16 Å². The Kier molecular flexibility index (Phi) is 3.63. The Morgan fingerprint density at radius 1 is 1.33 bits per heavy atom. The lowest BCUT2D eigenvalue weighted by molar-refractivity contribution is -0.140. The Morgan fingerprint density at radius 3 is 3.00 bits per heavy atom. The molecule has 0 saturated carbocycles. The molecule has 1 aromatic heterocycles. The van der Waals surface area contributed by atoms with Gasteiger partial charge in [-0.15, -0.1) is 0 Å². The fraction of sp³-hybridized carbons (Fsp3) is 0.769. The van der Waals surface area contributed by atoms with Gasteiger partial charge in [0.1, 0.15) is 5.76 Å². The molecule has 0 bridgehead atoms. The minimum absolute atomic E-state index is 0.0512. The summed E-state index contributed by atoms with van der Waals surface area (Å²) in [6.07, 6.45) is 5.86. The van der Waals surface area contributed by atoms with Gasteiger partial charge in [0.15, 0.2) is 0 Å². The fourth-order valence-electron chi connectivity index (χ4n) is 2.87. The molecular formula is C13H20N2O3. The summed E-state index contributed by atoms with van der Waals surface area (Å²) in [6.45, 7) is 3.25. The van der Waals surface area contributed by atoms with Gasteiger partial charge in [-0.2, -0.15) is 0 Å². The van der Waals surface area contributed by atoms with Gasteiger partial charge in [0.05, 0.1) is 18.3 Å². The zero-order valence-electron chi connectivity index (χ0n) is 10.6. The summed E-state index contributed by atoms with van der Waals surface area (Å²) >= 11 is 0. The predicted molar refractivity (Wildman–Crippen MR) is 65.1 cm³/mol. The SMILES string of the molecule is c1cc(CNC2CCOC3(CCOCC3)C2)on1. The predicted octanol–water partition coefficient (Wildman–Crippen LogP) is 1.49. The highest BCUT2D eigenvalue weighted by Crippen LogP contribution is 2.34. The van der Waals surface area contributed by atoms with Gasteiger partial charge >= 0.3 is 0 Å². The standard InChI is InChI=1S/C13H20N2O3/c1-5-15-18-12(1)10-14-11-2-6-17-13(9-11)3-7-16-8-4-13/h1,5,11,14H,2-4,6-10H2. The third-order valence-corrected chi connectivity index (χ3v) is 3.95. The van der Waals surface area contributed by atoms with Gasteiger partial charge < -0.3 is 19.3 Å². The van der Waals surface area contributed by atoms with Crippen molar-refractivity contribution in [2.24, 2.45) is 0 Å². The Hall–Kier alpha value is -0.910. The van der Waals surface area contributed by atoms with Gasteiger partial charge in [-0.05, 0) is 25.7 Å². The van der Waals surface area contributed by atoms with Crippen molar-refractivity contribution in [2.75, 3.05) is 19.8 Å². The van der Waals surface area contributed by atoms with E-state index in [2.05, 4.69) is 10.5 Å². The van der Waals surface area contributed by atoms with Crippen molar-refractivity contribution in [1.82, 2.24) is 10.5 Å². The maximum Gasteiger partial charge on any atom is 0.150 e. The third kappa shape index (κ3) is 2.74. The molecule has 1 aromatic rings. The second-order valence-corrected chi connectivity index (χ2v) is 5.19. The normalized spacial score (nSPS) is 27.4. The van der Waals surface area contributed by atoms with Gasteiger partial charge in [-0.25, -0.2) is 0 Å². The molecule has 3 rings (SSSR count). The van der Waals surface area contributed by atoms with Gasteiger partial charge in [0, 0.05) is 31.9 Å². The summed E-state index contributed by atoms with van der Waals surface area (Å²) in [5, 5.41) is 7.25. The number of nitrogens with one attached hydrogen (secondary N) is 1. The van der Waals surface area contributed by atoms with Crippen molar-refractivity contribution in [2.45, 2.75) is 43.9 Å². The third-order valence-electron chi connectivity index (χ3n) is 3.95. The van der Waals surface area contributed by atoms with Crippen molar-refractivity contribution >= 4 is 0 Å². The van der Waals surface area contributed by atoms with Crippen LogP contribution in [-0.4, -0.2) is 36.6 Å². The minimum atomic E-state index is 0.0512. The first kappa shape index (κ1) is 12.1. The van der Waals surface area contributed by atoms with Crippen LogP contribution >= 0.6 is 0 Å². The lowest BCUT2D eigenvalue weighted by Gasteiger charge is -2.43. The van der Waals surface area contributed by atoms with E-state index in [1.165, 1.54) is 0 Å². The van der Waals surface area contributed by atoms with E-state index in [1.807, 2.05) is 6.07 Å². The number of hydrogen-bond donors (Lipinski definition) is 1. The van der Waals surface area contributed by atoms with Crippen LogP contribution in [0.25, 0.3) is 0 Å². The second-order valence-electron chi connectivity index (χ2n) is 5.19. The first-order chi connectivity index (χ1) is 8.86. The van der Waals surface area contributed by atoms with Gasteiger partial charge in [-0.3, -0.25) is 0 Å². The number of rotatable bonds is 3.